The Kier molecular flexibility index (Phi) is 5.29. The number of sulfonamides is 1. The van der Waals surface area contributed by atoms with Gasteiger partial charge in [-0.15, -0.1) is 0 Å². The van der Waals surface area contributed by atoms with Crippen LogP contribution >= 0.6 is 0 Å². The molecular weight excluding hydrogens is 354 g/mol. The van der Waals surface area contributed by atoms with E-state index >= 15 is 0 Å². The van der Waals surface area contributed by atoms with E-state index in [0.717, 1.165) is 12.0 Å². The van der Waals surface area contributed by atoms with Gasteiger partial charge in [0, 0.05) is 13.2 Å². The lowest BCUT2D eigenvalue weighted by atomic mass is 10.1. The minimum Gasteiger partial charge on any atom is -0.478 e. The van der Waals surface area contributed by atoms with Crippen molar-refractivity contribution >= 4 is 21.7 Å². The average Bonchev–Trinajstić information content (AvgIpc) is 3.10. The number of aliphatic hydroxyl groups excluding tert-OH is 1. The van der Waals surface area contributed by atoms with Crippen molar-refractivity contribution in [3.8, 4) is 0 Å². The molecule has 0 saturated carbocycles. The zero-order chi connectivity index (χ0) is 18.7. The third-order valence-electron chi connectivity index (χ3n) is 4.55. The van der Waals surface area contributed by atoms with E-state index < -0.39 is 16.0 Å². The predicted molar refractivity (Wildman–Crippen MR) is 98.1 cm³/mol. The van der Waals surface area contributed by atoms with Gasteiger partial charge in [0.25, 0.3) is 10.0 Å². The first-order chi connectivity index (χ1) is 12.4. The molecule has 0 unspecified atom stereocenters. The fourth-order valence-electron chi connectivity index (χ4n) is 3.33. The van der Waals surface area contributed by atoms with E-state index in [9.17, 15) is 23.4 Å². The highest BCUT2D eigenvalue weighted by Crippen LogP contribution is 2.33. The second kappa shape index (κ2) is 7.47. The predicted octanol–water partition coefficient (Wildman–Crippen LogP) is 2.45. The first kappa shape index (κ1) is 18.4. The Labute approximate surface area is 152 Å². The van der Waals surface area contributed by atoms with Crippen molar-refractivity contribution < 1.29 is 23.4 Å². The van der Waals surface area contributed by atoms with Crippen LogP contribution in [0.5, 0.6) is 0 Å². The van der Waals surface area contributed by atoms with E-state index in [2.05, 4.69) is 0 Å². The lowest BCUT2D eigenvalue weighted by Gasteiger charge is -2.25. The first-order valence-corrected chi connectivity index (χ1v) is 9.97. The highest BCUT2D eigenvalue weighted by Gasteiger charge is 2.31. The molecule has 0 saturated heterocycles. The van der Waals surface area contributed by atoms with Gasteiger partial charge >= 0.3 is 5.97 Å². The lowest BCUT2D eigenvalue weighted by molar-refractivity contribution is 0.0696. The summed E-state index contributed by atoms with van der Waals surface area (Å²) < 4.78 is 28.1. The SMILES string of the molecule is O=C(O)c1cc2c(c(S(=O)(=O)N(CCCO)c3ccccc3)c1)CCC2. The highest BCUT2D eigenvalue weighted by molar-refractivity contribution is 7.92. The van der Waals surface area contributed by atoms with Gasteiger partial charge in [0.1, 0.15) is 0 Å². The molecule has 2 N–H and O–H groups in total. The van der Waals surface area contributed by atoms with Crippen LogP contribution in [0.15, 0.2) is 47.4 Å². The number of carbonyl (C=O) groups is 1. The Morgan fingerprint density at radius 2 is 1.85 bits per heavy atom. The molecule has 2 aromatic rings. The molecule has 0 bridgehead atoms. The van der Waals surface area contributed by atoms with Gasteiger partial charge in [-0.1, -0.05) is 18.2 Å². The van der Waals surface area contributed by atoms with Gasteiger partial charge in [-0.3, -0.25) is 4.31 Å². The van der Waals surface area contributed by atoms with Gasteiger partial charge in [0.05, 0.1) is 16.1 Å². The van der Waals surface area contributed by atoms with E-state index in [-0.39, 0.29) is 30.0 Å². The second-order valence-electron chi connectivity index (χ2n) is 6.26. The molecule has 0 fully saturated rings. The number of hydrogen-bond donors (Lipinski definition) is 2. The number of fused-ring (bicyclic) bond motifs is 1. The van der Waals surface area contributed by atoms with Gasteiger partial charge in [-0.25, -0.2) is 13.2 Å². The number of anilines is 1. The second-order valence-corrected chi connectivity index (χ2v) is 8.09. The zero-order valence-electron chi connectivity index (χ0n) is 14.3. The molecule has 7 heteroatoms. The molecule has 0 radical (unpaired) electrons. The first-order valence-electron chi connectivity index (χ1n) is 8.53. The monoisotopic (exact) mass is 375 g/mol. The van der Waals surface area contributed by atoms with Crippen LogP contribution in [-0.2, 0) is 22.9 Å². The number of aromatic carboxylic acids is 1. The topological polar surface area (TPSA) is 94.9 Å². The largest absolute Gasteiger partial charge is 0.478 e. The molecule has 6 nitrogen and oxygen atoms in total. The molecule has 0 amide bonds. The Hall–Kier alpha value is -2.38. The van der Waals surface area contributed by atoms with Crippen LogP contribution in [0.4, 0.5) is 5.69 Å². The molecular formula is C19H21NO5S. The standard InChI is InChI=1S/C19H21NO5S/c21-11-5-10-20(16-7-2-1-3-8-16)26(24,25)18-13-15(19(22)23)12-14-6-4-9-17(14)18/h1-3,7-8,12-13,21H,4-6,9-11H2,(H,22,23). The molecule has 1 aliphatic rings. The van der Waals surface area contributed by atoms with E-state index in [1.807, 2.05) is 0 Å². The molecule has 0 heterocycles. The highest BCUT2D eigenvalue weighted by atomic mass is 32.2. The summed E-state index contributed by atoms with van der Waals surface area (Å²) in [4.78, 5) is 11.5. The van der Waals surface area contributed by atoms with Crippen molar-refractivity contribution in [3.05, 3.63) is 59.2 Å². The quantitative estimate of drug-likeness (QED) is 0.775. The van der Waals surface area contributed by atoms with Crippen LogP contribution in [0.2, 0.25) is 0 Å². The van der Waals surface area contributed by atoms with Gasteiger partial charge in [-0.05, 0) is 61.1 Å². The summed E-state index contributed by atoms with van der Waals surface area (Å²) >= 11 is 0. The molecule has 1 aliphatic carbocycles. The minimum absolute atomic E-state index is 0.0144. The number of para-hydroxylation sites is 1. The summed E-state index contributed by atoms with van der Waals surface area (Å²) in [5.74, 6) is -1.14. The van der Waals surface area contributed by atoms with E-state index in [1.165, 1.54) is 10.4 Å². The maximum absolute atomic E-state index is 13.4. The number of carboxylic acid groups (broad SMARTS) is 1. The molecule has 3 rings (SSSR count). The number of hydrogen-bond acceptors (Lipinski definition) is 4. The molecule has 26 heavy (non-hydrogen) atoms. The number of nitrogens with zero attached hydrogens (tertiary/aromatic N) is 1. The van der Waals surface area contributed by atoms with Gasteiger partial charge in [0.2, 0.25) is 0 Å². The van der Waals surface area contributed by atoms with Crippen LogP contribution in [0.1, 0.15) is 34.3 Å². The third-order valence-corrected chi connectivity index (χ3v) is 6.45. The molecule has 0 spiro atoms. The number of aryl methyl sites for hydroxylation is 1. The number of aliphatic hydroxyl groups is 1. The normalized spacial score (nSPS) is 13.4. The van der Waals surface area contributed by atoms with E-state index in [1.54, 1.807) is 36.4 Å². The molecule has 0 atom stereocenters. The maximum atomic E-state index is 13.4. The summed E-state index contributed by atoms with van der Waals surface area (Å²) in [7, 11) is -3.95. The zero-order valence-corrected chi connectivity index (χ0v) is 15.1. The number of rotatable bonds is 7. The number of carboxylic acids is 1. The van der Waals surface area contributed by atoms with Crippen molar-refractivity contribution in [1.29, 1.82) is 0 Å². The van der Waals surface area contributed by atoms with Crippen LogP contribution < -0.4 is 4.31 Å². The Balaban J connectivity index is 2.15. The molecule has 2 aromatic carbocycles. The van der Waals surface area contributed by atoms with Crippen molar-refractivity contribution in [2.75, 3.05) is 17.5 Å². The Morgan fingerprint density at radius 3 is 2.50 bits per heavy atom. The Morgan fingerprint density at radius 1 is 1.12 bits per heavy atom. The third kappa shape index (κ3) is 3.45. The van der Waals surface area contributed by atoms with Crippen molar-refractivity contribution in [2.45, 2.75) is 30.6 Å². The van der Waals surface area contributed by atoms with E-state index in [0.29, 0.717) is 24.1 Å². The molecule has 138 valence electrons. The van der Waals surface area contributed by atoms with Crippen molar-refractivity contribution in [3.63, 3.8) is 0 Å². The maximum Gasteiger partial charge on any atom is 0.335 e. The average molecular weight is 375 g/mol. The molecule has 0 aliphatic heterocycles. The smallest absolute Gasteiger partial charge is 0.335 e. The van der Waals surface area contributed by atoms with Crippen LogP contribution in [-0.4, -0.2) is 37.8 Å². The van der Waals surface area contributed by atoms with Gasteiger partial charge < -0.3 is 10.2 Å². The minimum atomic E-state index is -3.95. The van der Waals surface area contributed by atoms with E-state index in [4.69, 9.17) is 0 Å². The Bertz CT molecular complexity index is 909. The summed E-state index contributed by atoms with van der Waals surface area (Å²) in [6, 6.07) is 11.5. The summed E-state index contributed by atoms with van der Waals surface area (Å²) in [5, 5.41) is 18.5. The van der Waals surface area contributed by atoms with Crippen LogP contribution in [0.3, 0.4) is 0 Å². The van der Waals surface area contributed by atoms with Crippen molar-refractivity contribution in [1.82, 2.24) is 0 Å². The van der Waals surface area contributed by atoms with Crippen LogP contribution in [0, 0.1) is 0 Å². The fraction of sp³-hybridized carbons (Fsp3) is 0.316. The van der Waals surface area contributed by atoms with Gasteiger partial charge in [-0.2, -0.15) is 0 Å². The lowest BCUT2D eigenvalue weighted by Crippen LogP contribution is -2.33. The molecule has 0 aromatic heterocycles. The van der Waals surface area contributed by atoms with Crippen molar-refractivity contribution in [2.24, 2.45) is 0 Å². The number of benzene rings is 2. The summed E-state index contributed by atoms with van der Waals surface area (Å²) in [6.07, 6.45) is 2.39. The summed E-state index contributed by atoms with van der Waals surface area (Å²) in [6.45, 7) is -0.0129. The van der Waals surface area contributed by atoms with Crippen LogP contribution in [0.25, 0.3) is 0 Å². The van der Waals surface area contributed by atoms with Gasteiger partial charge in [0.15, 0.2) is 0 Å². The summed E-state index contributed by atoms with van der Waals surface area (Å²) in [5.41, 5.74) is 1.98. The fourth-order valence-corrected chi connectivity index (χ4v) is 5.16.